The summed E-state index contributed by atoms with van der Waals surface area (Å²) < 4.78 is 0. The van der Waals surface area contributed by atoms with E-state index in [9.17, 15) is 9.59 Å². The molecular formula is C23H31ClN4O2. The molecule has 6 nitrogen and oxygen atoms in total. The smallest absolute Gasteiger partial charge is 0.319 e. The Morgan fingerprint density at radius 3 is 2.47 bits per heavy atom. The molecule has 1 heterocycles. The van der Waals surface area contributed by atoms with Gasteiger partial charge in [-0.2, -0.15) is 0 Å². The third-order valence-electron chi connectivity index (χ3n) is 5.48. The van der Waals surface area contributed by atoms with E-state index in [1.165, 1.54) is 0 Å². The zero-order valence-electron chi connectivity index (χ0n) is 17.6. The second-order valence-corrected chi connectivity index (χ2v) is 8.03. The van der Waals surface area contributed by atoms with Crippen molar-refractivity contribution in [2.75, 3.05) is 25.0 Å². The minimum Gasteiger partial charge on any atom is -0.340 e. The number of benzene rings is 2. The second-order valence-electron chi connectivity index (χ2n) is 8.03. The van der Waals surface area contributed by atoms with Crippen LogP contribution in [0, 0.1) is 12.8 Å². The van der Waals surface area contributed by atoms with E-state index in [1.54, 1.807) is 6.92 Å². The van der Waals surface area contributed by atoms with Gasteiger partial charge in [-0.15, -0.1) is 12.4 Å². The van der Waals surface area contributed by atoms with Crippen molar-refractivity contribution in [1.29, 1.82) is 0 Å². The number of carbonyl (C=O) groups excluding carboxylic acids is 2. The van der Waals surface area contributed by atoms with Crippen molar-refractivity contribution in [1.82, 2.24) is 10.2 Å². The van der Waals surface area contributed by atoms with Crippen molar-refractivity contribution in [2.45, 2.75) is 32.2 Å². The number of nitrogens with one attached hydrogen (secondary N) is 2. The van der Waals surface area contributed by atoms with Crippen LogP contribution in [0.1, 0.15) is 30.9 Å². The molecule has 0 aromatic heterocycles. The molecule has 2 aromatic rings. The Hall–Kier alpha value is -2.57. The SMILES string of the molecule is Cc1ccc(NC(=O)NCC2CCCN(C(=O)C(C)(N)c3ccccc3)C2)cc1.Cl. The number of anilines is 1. The van der Waals surface area contributed by atoms with Gasteiger partial charge in [-0.25, -0.2) is 4.79 Å². The van der Waals surface area contributed by atoms with Crippen molar-refractivity contribution in [3.8, 4) is 0 Å². The number of carbonyl (C=O) groups is 2. The van der Waals surface area contributed by atoms with E-state index in [0.29, 0.717) is 19.6 Å². The number of halogens is 1. The van der Waals surface area contributed by atoms with Crippen LogP contribution in [0.15, 0.2) is 54.6 Å². The maximum Gasteiger partial charge on any atom is 0.319 e. The van der Waals surface area contributed by atoms with Crippen molar-refractivity contribution >= 4 is 30.0 Å². The Morgan fingerprint density at radius 2 is 1.80 bits per heavy atom. The average molecular weight is 431 g/mol. The van der Waals surface area contributed by atoms with Gasteiger partial charge in [-0.05, 0) is 50.3 Å². The molecule has 1 aliphatic rings. The predicted octanol–water partition coefficient (Wildman–Crippen LogP) is 3.65. The molecule has 162 valence electrons. The maximum atomic E-state index is 13.1. The molecule has 30 heavy (non-hydrogen) atoms. The number of hydrogen-bond acceptors (Lipinski definition) is 3. The van der Waals surface area contributed by atoms with Gasteiger partial charge >= 0.3 is 6.03 Å². The third kappa shape index (κ3) is 5.97. The van der Waals surface area contributed by atoms with Crippen LogP contribution >= 0.6 is 12.4 Å². The fourth-order valence-corrected chi connectivity index (χ4v) is 3.70. The summed E-state index contributed by atoms with van der Waals surface area (Å²) in [5.41, 5.74) is 8.06. The number of amides is 3. The number of aryl methyl sites for hydroxylation is 1. The lowest BCUT2D eigenvalue weighted by Gasteiger charge is -2.37. The number of piperidine rings is 1. The zero-order valence-corrected chi connectivity index (χ0v) is 18.4. The zero-order chi connectivity index (χ0) is 20.9. The molecule has 7 heteroatoms. The Morgan fingerprint density at radius 1 is 1.13 bits per heavy atom. The highest BCUT2D eigenvalue weighted by molar-refractivity contribution is 5.89. The van der Waals surface area contributed by atoms with Gasteiger partial charge in [-0.1, -0.05) is 48.0 Å². The summed E-state index contributed by atoms with van der Waals surface area (Å²) in [6.45, 7) is 5.59. The number of likely N-dealkylation sites (tertiary alicyclic amines) is 1. The van der Waals surface area contributed by atoms with Crippen LogP contribution in [-0.2, 0) is 10.3 Å². The van der Waals surface area contributed by atoms with Crippen LogP contribution in [0.25, 0.3) is 0 Å². The molecule has 0 radical (unpaired) electrons. The first-order chi connectivity index (χ1) is 13.9. The number of rotatable bonds is 5. The summed E-state index contributed by atoms with van der Waals surface area (Å²) >= 11 is 0. The molecule has 2 atom stereocenters. The van der Waals surface area contributed by atoms with Crippen LogP contribution in [-0.4, -0.2) is 36.5 Å². The highest BCUT2D eigenvalue weighted by Crippen LogP contribution is 2.24. The van der Waals surface area contributed by atoms with Gasteiger partial charge in [0.15, 0.2) is 0 Å². The molecule has 0 saturated carbocycles. The Labute approximate surface area is 184 Å². The average Bonchev–Trinajstić information content (AvgIpc) is 2.74. The number of nitrogens with two attached hydrogens (primary N) is 1. The highest BCUT2D eigenvalue weighted by atomic mass is 35.5. The predicted molar refractivity (Wildman–Crippen MR) is 123 cm³/mol. The van der Waals surface area contributed by atoms with Crippen LogP contribution in [0.3, 0.4) is 0 Å². The van der Waals surface area contributed by atoms with Gasteiger partial charge in [-0.3, -0.25) is 4.79 Å². The molecule has 2 aromatic carbocycles. The Balaban J connectivity index is 0.00000320. The fraction of sp³-hybridized carbons (Fsp3) is 0.391. The largest absolute Gasteiger partial charge is 0.340 e. The number of hydrogen-bond donors (Lipinski definition) is 3. The summed E-state index contributed by atoms with van der Waals surface area (Å²) in [6, 6.07) is 16.9. The molecule has 0 spiro atoms. The second kappa shape index (κ2) is 10.5. The third-order valence-corrected chi connectivity index (χ3v) is 5.48. The summed E-state index contributed by atoms with van der Waals surface area (Å²) in [6.07, 6.45) is 1.88. The van der Waals surface area contributed by atoms with Crippen LogP contribution in [0.4, 0.5) is 10.5 Å². The van der Waals surface area contributed by atoms with Crippen molar-refractivity contribution in [2.24, 2.45) is 11.7 Å². The summed E-state index contributed by atoms with van der Waals surface area (Å²) in [4.78, 5) is 27.1. The lowest BCUT2D eigenvalue weighted by atomic mass is 9.89. The fourth-order valence-electron chi connectivity index (χ4n) is 3.70. The first-order valence-corrected chi connectivity index (χ1v) is 10.1. The molecule has 1 fully saturated rings. The molecular weight excluding hydrogens is 400 g/mol. The molecule has 3 rings (SSSR count). The van der Waals surface area contributed by atoms with Crippen LogP contribution < -0.4 is 16.4 Å². The maximum absolute atomic E-state index is 13.1. The van der Waals surface area contributed by atoms with Gasteiger partial charge in [0.25, 0.3) is 0 Å². The van der Waals surface area contributed by atoms with E-state index in [1.807, 2.05) is 66.4 Å². The molecule has 2 unspecified atom stereocenters. The normalized spacial score (nSPS) is 18.0. The highest BCUT2D eigenvalue weighted by Gasteiger charge is 2.36. The number of nitrogens with zero attached hydrogens (tertiary/aromatic N) is 1. The minimum atomic E-state index is -1.06. The first kappa shape index (κ1) is 23.7. The van der Waals surface area contributed by atoms with Gasteiger partial charge in [0.1, 0.15) is 5.54 Å². The summed E-state index contributed by atoms with van der Waals surface area (Å²) in [7, 11) is 0. The molecule has 1 saturated heterocycles. The number of urea groups is 1. The van der Waals surface area contributed by atoms with Crippen molar-refractivity contribution in [3.63, 3.8) is 0 Å². The lowest BCUT2D eigenvalue weighted by Crippen LogP contribution is -2.54. The topological polar surface area (TPSA) is 87.5 Å². The van der Waals surface area contributed by atoms with Gasteiger partial charge < -0.3 is 21.3 Å². The standard InChI is InChI=1S/C23H30N4O2.ClH/c1-17-10-12-20(13-11-17)26-22(29)25-15-18-7-6-14-27(16-18)21(28)23(2,24)19-8-4-3-5-9-19;/h3-5,8-13,18H,6-7,14-16,24H2,1-2H3,(H2,25,26,29);1H. The molecule has 3 amide bonds. The monoisotopic (exact) mass is 430 g/mol. The quantitative estimate of drug-likeness (QED) is 0.676. The van der Waals surface area contributed by atoms with E-state index in [0.717, 1.165) is 29.7 Å². The summed E-state index contributed by atoms with van der Waals surface area (Å²) in [5, 5.41) is 5.76. The van der Waals surface area contributed by atoms with E-state index in [-0.39, 0.29) is 30.3 Å². The van der Waals surface area contributed by atoms with E-state index < -0.39 is 5.54 Å². The van der Waals surface area contributed by atoms with E-state index >= 15 is 0 Å². The molecule has 0 aliphatic carbocycles. The van der Waals surface area contributed by atoms with Gasteiger partial charge in [0.2, 0.25) is 5.91 Å². The van der Waals surface area contributed by atoms with Crippen LogP contribution in [0.2, 0.25) is 0 Å². The Bertz CT molecular complexity index is 840. The van der Waals surface area contributed by atoms with Crippen LogP contribution in [0.5, 0.6) is 0 Å². The first-order valence-electron chi connectivity index (χ1n) is 10.1. The van der Waals surface area contributed by atoms with E-state index in [2.05, 4.69) is 10.6 Å². The van der Waals surface area contributed by atoms with Gasteiger partial charge in [0, 0.05) is 25.3 Å². The lowest BCUT2D eigenvalue weighted by molar-refractivity contribution is -0.138. The van der Waals surface area contributed by atoms with Crippen molar-refractivity contribution < 1.29 is 9.59 Å². The minimum absolute atomic E-state index is 0. The van der Waals surface area contributed by atoms with Crippen molar-refractivity contribution in [3.05, 3.63) is 65.7 Å². The van der Waals surface area contributed by atoms with Gasteiger partial charge in [0.05, 0.1) is 0 Å². The molecule has 0 bridgehead atoms. The van der Waals surface area contributed by atoms with E-state index in [4.69, 9.17) is 5.73 Å². The summed E-state index contributed by atoms with van der Waals surface area (Å²) in [5.74, 6) is 0.139. The molecule has 4 N–H and O–H groups in total. The molecule has 1 aliphatic heterocycles. The Kier molecular flexibility index (Phi) is 8.26.